The summed E-state index contributed by atoms with van der Waals surface area (Å²) < 4.78 is 2.08. The van der Waals surface area contributed by atoms with Gasteiger partial charge in [0.1, 0.15) is 0 Å². The van der Waals surface area contributed by atoms with Gasteiger partial charge < -0.3 is 4.90 Å². The molecule has 2 heterocycles. The highest BCUT2D eigenvalue weighted by molar-refractivity contribution is 5.96. The van der Waals surface area contributed by atoms with Crippen molar-refractivity contribution in [3.8, 4) is 11.3 Å². The van der Waals surface area contributed by atoms with Gasteiger partial charge in [0.15, 0.2) is 11.4 Å². The standard InChI is InChI=1S/C24H26N4O/c1-27(2)14-6-5-9-23(29)20-12-10-18(11-13-20)21-17-28-22(19-7-3-4-8-19)15-26-24(28)16-25-21/h3,7-8,10-13,15-17H,4-6,9,14H2,1-2H3. The van der Waals surface area contributed by atoms with Gasteiger partial charge in [-0.15, -0.1) is 0 Å². The molecule has 29 heavy (non-hydrogen) atoms. The fourth-order valence-electron chi connectivity index (χ4n) is 3.58. The molecule has 0 atom stereocenters. The molecule has 5 heteroatoms. The van der Waals surface area contributed by atoms with E-state index in [0.717, 1.165) is 54.0 Å². The summed E-state index contributed by atoms with van der Waals surface area (Å²) in [6.07, 6.45) is 15.7. The van der Waals surface area contributed by atoms with E-state index >= 15 is 0 Å². The van der Waals surface area contributed by atoms with Crippen molar-refractivity contribution in [3.63, 3.8) is 0 Å². The quantitative estimate of drug-likeness (QED) is 0.417. The number of unbranched alkanes of at least 4 members (excludes halogenated alkanes) is 1. The fraction of sp³-hybridized carbons (Fsp3) is 0.292. The number of imidazole rings is 1. The highest BCUT2D eigenvalue weighted by Crippen LogP contribution is 2.25. The van der Waals surface area contributed by atoms with Crippen molar-refractivity contribution in [1.82, 2.24) is 19.3 Å². The molecule has 0 N–H and O–H groups in total. The summed E-state index contributed by atoms with van der Waals surface area (Å²) in [5.41, 5.74) is 5.71. The lowest BCUT2D eigenvalue weighted by molar-refractivity contribution is 0.0978. The van der Waals surface area contributed by atoms with E-state index in [1.165, 1.54) is 5.57 Å². The fourth-order valence-corrected chi connectivity index (χ4v) is 3.58. The van der Waals surface area contributed by atoms with Crippen molar-refractivity contribution in [1.29, 1.82) is 0 Å². The van der Waals surface area contributed by atoms with Crippen molar-refractivity contribution in [2.75, 3.05) is 20.6 Å². The summed E-state index contributed by atoms with van der Waals surface area (Å²) in [4.78, 5) is 23.6. The highest BCUT2D eigenvalue weighted by Gasteiger charge is 2.11. The first-order valence-electron chi connectivity index (χ1n) is 10.1. The smallest absolute Gasteiger partial charge is 0.162 e. The number of fused-ring (bicyclic) bond motifs is 1. The number of carbonyl (C=O) groups is 1. The van der Waals surface area contributed by atoms with Gasteiger partial charge in [-0.1, -0.05) is 42.5 Å². The minimum Gasteiger partial charge on any atom is -0.309 e. The third kappa shape index (κ3) is 4.35. The summed E-state index contributed by atoms with van der Waals surface area (Å²) >= 11 is 0. The minimum absolute atomic E-state index is 0.204. The van der Waals surface area contributed by atoms with E-state index in [4.69, 9.17) is 0 Å². The predicted molar refractivity (Wildman–Crippen MR) is 117 cm³/mol. The molecule has 0 amide bonds. The van der Waals surface area contributed by atoms with Crippen molar-refractivity contribution in [2.45, 2.75) is 25.7 Å². The van der Waals surface area contributed by atoms with Crippen LogP contribution in [0.25, 0.3) is 22.5 Å². The van der Waals surface area contributed by atoms with Crippen LogP contribution >= 0.6 is 0 Å². The molecule has 1 aliphatic rings. The van der Waals surface area contributed by atoms with E-state index < -0.39 is 0 Å². The van der Waals surface area contributed by atoms with Crippen LogP contribution in [0.15, 0.2) is 61.1 Å². The molecule has 0 aliphatic heterocycles. The Morgan fingerprint density at radius 2 is 1.93 bits per heavy atom. The minimum atomic E-state index is 0.204. The molecular weight excluding hydrogens is 360 g/mol. The Morgan fingerprint density at radius 1 is 1.10 bits per heavy atom. The first kappa shape index (κ1) is 19.3. The topological polar surface area (TPSA) is 50.5 Å². The van der Waals surface area contributed by atoms with E-state index in [1.807, 2.05) is 36.7 Å². The maximum Gasteiger partial charge on any atom is 0.162 e. The number of ketones is 1. The molecule has 1 aliphatic carbocycles. The Labute approximate surface area is 171 Å². The SMILES string of the molecule is CN(C)CCCCC(=O)c1ccc(-c2cn3c(C4=CCC=C4)cnc3cn2)cc1. The number of hydrogen-bond acceptors (Lipinski definition) is 4. The maximum absolute atomic E-state index is 12.4. The summed E-state index contributed by atoms with van der Waals surface area (Å²) in [7, 11) is 4.11. The van der Waals surface area contributed by atoms with Crippen molar-refractivity contribution in [2.24, 2.45) is 0 Å². The highest BCUT2D eigenvalue weighted by atomic mass is 16.1. The molecular formula is C24H26N4O. The molecule has 0 unspecified atom stereocenters. The zero-order valence-electron chi connectivity index (χ0n) is 17.0. The second-order valence-electron chi connectivity index (χ2n) is 7.70. The molecule has 2 aromatic heterocycles. The van der Waals surface area contributed by atoms with Crippen LogP contribution in [-0.4, -0.2) is 45.7 Å². The number of carbonyl (C=O) groups excluding carboxylic acids is 1. The lowest BCUT2D eigenvalue weighted by Crippen LogP contribution is -2.13. The van der Waals surface area contributed by atoms with Crippen LogP contribution in [0, 0.1) is 0 Å². The Hall–Kier alpha value is -3.05. The summed E-state index contributed by atoms with van der Waals surface area (Å²) in [6.45, 7) is 1.02. The number of Topliss-reactive ketones (excluding diaryl/α,β-unsaturated/α-hetero) is 1. The van der Waals surface area contributed by atoms with Crippen LogP contribution in [0.2, 0.25) is 0 Å². The molecule has 148 valence electrons. The average molecular weight is 386 g/mol. The van der Waals surface area contributed by atoms with Crippen LogP contribution < -0.4 is 0 Å². The number of benzene rings is 1. The van der Waals surface area contributed by atoms with E-state index in [1.54, 1.807) is 6.20 Å². The second kappa shape index (κ2) is 8.53. The lowest BCUT2D eigenvalue weighted by atomic mass is 10.0. The zero-order chi connectivity index (χ0) is 20.2. The molecule has 0 fully saturated rings. The number of hydrogen-bond donors (Lipinski definition) is 0. The Bertz CT molecular complexity index is 1070. The van der Waals surface area contributed by atoms with Gasteiger partial charge in [-0.2, -0.15) is 0 Å². The van der Waals surface area contributed by atoms with Crippen molar-refractivity contribution >= 4 is 17.0 Å². The average Bonchev–Trinajstić information content (AvgIpc) is 3.40. The van der Waals surface area contributed by atoms with E-state index in [0.29, 0.717) is 6.42 Å². The van der Waals surface area contributed by atoms with Gasteiger partial charge in [0.2, 0.25) is 0 Å². The van der Waals surface area contributed by atoms with Gasteiger partial charge in [0.25, 0.3) is 0 Å². The first-order valence-corrected chi connectivity index (χ1v) is 10.1. The van der Waals surface area contributed by atoms with Crippen LogP contribution in [-0.2, 0) is 0 Å². The molecule has 0 spiro atoms. The number of nitrogens with zero attached hydrogens (tertiary/aromatic N) is 4. The van der Waals surface area contributed by atoms with Gasteiger partial charge in [0, 0.05) is 23.7 Å². The van der Waals surface area contributed by atoms with E-state index in [9.17, 15) is 4.79 Å². The molecule has 4 rings (SSSR count). The first-order chi connectivity index (χ1) is 14.1. The van der Waals surface area contributed by atoms with Gasteiger partial charge in [-0.25, -0.2) is 4.98 Å². The number of aromatic nitrogens is 3. The molecule has 0 saturated carbocycles. The molecule has 0 saturated heterocycles. The number of rotatable bonds is 8. The van der Waals surface area contributed by atoms with Gasteiger partial charge in [0.05, 0.1) is 23.8 Å². The zero-order valence-corrected chi connectivity index (χ0v) is 17.0. The normalized spacial score (nSPS) is 13.4. The lowest BCUT2D eigenvalue weighted by Gasteiger charge is -2.08. The summed E-state index contributed by atoms with van der Waals surface area (Å²) in [5, 5.41) is 0. The predicted octanol–water partition coefficient (Wildman–Crippen LogP) is 4.65. The maximum atomic E-state index is 12.4. The third-order valence-electron chi connectivity index (χ3n) is 5.22. The summed E-state index contributed by atoms with van der Waals surface area (Å²) in [5.74, 6) is 0.204. The van der Waals surface area contributed by atoms with Crippen LogP contribution in [0.1, 0.15) is 41.7 Å². The van der Waals surface area contributed by atoms with Crippen LogP contribution in [0.3, 0.4) is 0 Å². The van der Waals surface area contributed by atoms with Crippen molar-refractivity contribution < 1.29 is 4.79 Å². The number of allylic oxidation sites excluding steroid dienone is 4. The van der Waals surface area contributed by atoms with Crippen molar-refractivity contribution in [3.05, 3.63) is 72.3 Å². The second-order valence-corrected chi connectivity index (χ2v) is 7.70. The Kier molecular flexibility index (Phi) is 5.67. The molecule has 1 aromatic carbocycles. The van der Waals surface area contributed by atoms with E-state index in [-0.39, 0.29) is 5.78 Å². The van der Waals surface area contributed by atoms with Gasteiger partial charge in [-0.05, 0) is 45.5 Å². The molecule has 3 aromatic rings. The van der Waals surface area contributed by atoms with Gasteiger partial charge in [-0.3, -0.25) is 14.2 Å². The van der Waals surface area contributed by atoms with Gasteiger partial charge >= 0.3 is 0 Å². The largest absolute Gasteiger partial charge is 0.309 e. The molecule has 0 radical (unpaired) electrons. The van der Waals surface area contributed by atoms with Crippen LogP contribution in [0.5, 0.6) is 0 Å². The molecule has 5 nitrogen and oxygen atoms in total. The monoisotopic (exact) mass is 386 g/mol. The Morgan fingerprint density at radius 3 is 2.66 bits per heavy atom. The third-order valence-corrected chi connectivity index (χ3v) is 5.22. The van der Waals surface area contributed by atoms with Crippen LogP contribution in [0.4, 0.5) is 0 Å². The Balaban J connectivity index is 1.50. The molecule has 0 bridgehead atoms. The summed E-state index contributed by atoms with van der Waals surface area (Å²) in [6, 6.07) is 7.78. The van der Waals surface area contributed by atoms with E-state index in [2.05, 4.69) is 51.6 Å².